The maximum absolute atomic E-state index is 13.9. The van der Waals surface area contributed by atoms with E-state index >= 15 is 0 Å². The van der Waals surface area contributed by atoms with Crippen LogP contribution in [0.2, 0.25) is 5.02 Å². The number of hydrogen-bond acceptors (Lipinski definition) is 5. The lowest BCUT2D eigenvalue weighted by Gasteiger charge is -2.32. The first-order valence-corrected chi connectivity index (χ1v) is 11.0. The summed E-state index contributed by atoms with van der Waals surface area (Å²) in [5, 5.41) is 9.71. The van der Waals surface area contributed by atoms with Gasteiger partial charge in [0.1, 0.15) is 0 Å². The van der Waals surface area contributed by atoms with Gasteiger partial charge in [-0.25, -0.2) is 0 Å². The van der Waals surface area contributed by atoms with Crippen molar-refractivity contribution in [1.82, 2.24) is 4.90 Å². The second-order valence-electron chi connectivity index (χ2n) is 7.29. The van der Waals surface area contributed by atoms with Crippen molar-refractivity contribution in [3.8, 4) is 6.07 Å². The number of hydrogen-bond donors (Lipinski definition) is 0. The van der Waals surface area contributed by atoms with Crippen molar-refractivity contribution >= 4 is 40.9 Å². The summed E-state index contributed by atoms with van der Waals surface area (Å²) in [5.74, 6) is 0.276. The van der Waals surface area contributed by atoms with Crippen LogP contribution in [-0.2, 0) is 16.2 Å². The van der Waals surface area contributed by atoms with Crippen LogP contribution in [0.15, 0.2) is 65.3 Å². The lowest BCUT2D eigenvalue weighted by atomic mass is 10.1. The molecule has 154 valence electrons. The lowest BCUT2D eigenvalue weighted by Crippen LogP contribution is -2.50. The van der Waals surface area contributed by atoms with Crippen LogP contribution >= 0.6 is 23.4 Å². The molecule has 3 heterocycles. The van der Waals surface area contributed by atoms with Crippen molar-refractivity contribution < 1.29 is 14.0 Å². The van der Waals surface area contributed by atoms with Gasteiger partial charge in [0, 0.05) is 22.9 Å². The fraction of sp³-hybridized carbons (Fsp3) is 0.174. The van der Waals surface area contributed by atoms with E-state index in [9.17, 15) is 14.9 Å². The number of anilines is 1. The summed E-state index contributed by atoms with van der Waals surface area (Å²) in [6.45, 7) is 0.702. The summed E-state index contributed by atoms with van der Waals surface area (Å²) in [7, 11) is 0. The number of rotatable bonds is 3. The van der Waals surface area contributed by atoms with Gasteiger partial charge in [0.2, 0.25) is 0 Å². The molecule has 1 spiro atoms. The molecule has 2 aliphatic rings. The molecule has 2 aliphatic heterocycles. The lowest BCUT2D eigenvalue weighted by molar-refractivity contribution is -0.123. The van der Waals surface area contributed by atoms with Crippen LogP contribution < -0.4 is 4.90 Å². The van der Waals surface area contributed by atoms with Crippen LogP contribution in [0, 0.1) is 11.3 Å². The Morgan fingerprint density at radius 3 is 2.87 bits per heavy atom. The van der Waals surface area contributed by atoms with Crippen LogP contribution in [0.4, 0.5) is 5.69 Å². The number of amides is 2. The molecule has 2 amide bonds. The molecular formula is C23H16ClN3O3S. The number of benzene rings is 2. The third-order valence-electron chi connectivity index (χ3n) is 5.53. The topological polar surface area (TPSA) is 77.5 Å². The van der Waals surface area contributed by atoms with Crippen LogP contribution in [0.3, 0.4) is 0 Å². The first-order valence-electron chi connectivity index (χ1n) is 9.65. The number of nitrogens with zero attached hydrogens (tertiary/aromatic N) is 3. The summed E-state index contributed by atoms with van der Waals surface area (Å²) in [6, 6.07) is 17.9. The highest BCUT2D eigenvalue weighted by molar-refractivity contribution is 8.01. The first-order chi connectivity index (χ1) is 15.0. The summed E-state index contributed by atoms with van der Waals surface area (Å²) < 4.78 is 5.32. The summed E-state index contributed by atoms with van der Waals surface area (Å²) in [6.07, 6.45) is 1.44. The highest BCUT2D eigenvalue weighted by Crippen LogP contribution is 2.55. The second-order valence-corrected chi connectivity index (χ2v) is 9.02. The molecule has 5 rings (SSSR count). The molecule has 1 atom stereocenters. The monoisotopic (exact) mass is 449 g/mol. The van der Waals surface area contributed by atoms with E-state index in [4.69, 9.17) is 16.0 Å². The maximum atomic E-state index is 13.9. The number of carbonyl (C=O) groups excluding carboxylic acids is 2. The van der Waals surface area contributed by atoms with Crippen molar-refractivity contribution in [3.63, 3.8) is 0 Å². The molecule has 31 heavy (non-hydrogen) atoms. The Kier molecular flexibility index (Phi) is 4.77. The van der Waals surface area contributed by atoms with E-state index in [1.807, 2.05) is 12.1 Å². The van der Waals surface area contributed by atoms with Gasteiger partial charge in [0.15, 0.2) is 10.6 Å². The zero-order valence-corrected chi connectivity index (χ0v) is 17.8. The Morgan fingerprint density at radius 2 is 2.10 bits per heavy atom. The van der Waals surface area contributed by atoms with Gasteiger partial charge in [-0.1, -0.05) is 23.7 Å². The molecule has 2 aromatic carbocycles. The average molecular weight is 450 g/mol. The number of fused-ring (bicyclic) bond motifs is 2. The third kappa shape index (κ3) is 3.02. The van der Waals surface area contributed by atoms with E-state index in [1.165, 1.54) is 18.0 Å². The molecule has 0 N–H and O–H groups in total. The van der Waals surface area contributed by atoms with Crippen molar-refractivity contribution in [1.29, 1.82) is 5.26 Å². The smallest absolute Gasteiger partial charge is 0.291 e. The van der Waals surface area contributed by atoms with Gasteiger partial charge in [-0.15, -0.1) is 11.8 Å². The minimum absolute atomic E-state index is 0.193. The predicted molar refractivity (Wildman–Crippen MR) is 118 cm³/mol. The number of halogens is 1. The fourth-order valence-corrected chi connectivity index (χ4v) is 5.82. The van der Waals surface area contributed by atoms with Crippen molar-refractivity contribution in [2.75, 3.05) is 17.2 Å². The van der Waals surface area contributed by atoms with Gasteiger partial charge in [-0.05, 0) is 48.0 Å². The zero-order valence-electron chi connectivity index (χ0n) is 16.2. The molecule has 1 fully saturated rings. The van der Waals surface area contributed by atoms with Crippen molar-refractivity contribution in [3.05, 3.63) is 88.3 Å². The van der Waals surface area contributed by atoms with Gasteiger partial charge in [-0.3, -0.25) is 9.59 Å². The molecule has 3 aromatic rings. The molecule has 0 saturated carbocycles. The van der Waals surface area contributed by atoms with Gasteiger partial charge in [-0.2, -0.15) is 5.26 Å². The number of carbonyl (C=O) groups is 2. The molecule has 1 aromatic heterocycles. The maximum Gasteiger partial charge on any atom is 0.291 e. The van der Waals surface area contributed by atoms with E-state index in [0.717, 1.165) is 5.56 Å². The Labute approximate surface area is 188 Å². The summed E-state index contributed by atoms with van der Waals surface area (Å²) in [5.41, 5.74) is 2.77. The van der Waals surface area contributed by atoms with E-state index in [1.54, 1.807) is 52.3 Å². The molecule has 8 heteroatoms. The summed E-state index contributed by atoms with van der Waals surface area (Å²) >= 11 is 7.74. The van der Waals surface area contributed by atoms with Gasteiger partial charge >= 0.3 is 0 Å². The van der Waals surface area contributed by atoms with E-state index < -0.39 is 4.87 Å². The second kappa shape index (κ2) is 7.49. The Bertz CT molecular complexity index is 1240. The molecule has 0 unspecified atom stereocenters. The minimum Gasteiger partial charge on any atom is -0.459 e. The molecule has 0 bridgehead atoms. The fourth-order valence-electron chi connectivity index (χ4n) is 4.20. The van der Waals surface area contributed by atoms with Crippen LogP contribution in [0.5, 0.6) is 0 Å². The largest absolute Gasteiger partial charge is 0.459 e. The van der Waals surface area contributed by atoms with Crippen molar-refractivity contribution in [2.24, 2.45) is 0 Å². The van der Waals surface area contributed by atoms with E-state index in [0.29, 0.717) is 34.1 Å². The van der Waals surface area contributed by atoms with Gasteiger partial charge < -0.3 is 14.2 Å². The highest BCUT2D eigenvalue weighted by atomic mass is 35.5. The van der Waals surface area contributed by atoms with Crippen LogP contribution in [0.25, 0.3) is 0 Å². The first kappa shape index (κ1) is 19.7. The van der Waals surface area contributed by atoms with Crippen LogP contribution in [-0.4, -0.2) is 29.0 Å². The van der Waals surface area contributed by atoms with Gasteiger partial charge in [0.05, 0.1) is 30.1 Å². The predicted octanol–water partition coefficient (Wildman–Crippen LogP) is 4.39. The number of nitriles is 1. The standard InChI is InChI=1S/C23H16ClN3O3S/c24-17-6-7-19-18(12-17)23(27(8-10-31-23)21(28)20-5-2-9-30-20)22(29)26(19)14-16-4-1-3-15(11-16)13-25/h1-7,9,11-12H,8,10,14H2/t23-/m1/s1. The highest BCUT2D eigenvalue weighted by Gasteiger charge is 2.59. The Morgan fingerprint density at radius 1 is 1.23 bits per heavy atom. The van der Waals surface area contributed by atoms with Gasteiger partial charge in [0.25, 0.3) is 11.8 Å². The average Bonchev–Trinajstić information content (AvgIpc) is 3.51. The molecular weight excluding hydrogens is 434 g/mol. The van der Waals surface area contributed by atoms with Crippen LogP contribution in [0.1, 0.15) is 27.2 Å². The molecule has 1 saturated heterocycles. The molecule has 0 radical (unpaired) electrons. The van der Waals surface area contributed by atoms with E-state index in [2.05, 4.69) is 6.07 Å². The number of thioether (sulfide) groups is 1. The SMILES string of the molecule is N#Cc1cccc(CN2C(=O)[C@]3(SCCN3C(=O)c3ccco3)c3cc(Cl)ccc32)c1. The molecule has 6 nitrogen and oxygen atoms in total. The van der Waals surface area contributed by atoms with Crippen molar-refractivity contribution in [2.45, 2.75) is 11.4 Å². The minimum atomic E-state index is -1.20. The zero-order chi connectivity index (χ0) is 21.6. The summed E-state index contributed by atoms with van der Waals surface area (Å²) in [4.78, 5) is 29.2. The Hall–Kier alpha value is -3.21. The number of furan rings is 1. The van der Waals surface area contributed by atoms with E-state index in [-0.39, 0.29) is 24.1 Å². The third-order valence-corrected chi connectivity index (χ3v) is 7.18. The Balaban J connectivity index is 1.60. The quantitative estimate of drug-likeness (QED) is 0.592. The molecule has 0 aliphatic carbocycles. The normalized spacial score (nSPS) is 19.7.